The van der Waals surface area contributed by atoms with Gasteiger partial charge in [-0.2, -0.15) is 5.10 Å². The van der Waals surface area contributed by atoms with Gasteiger partial charge in [0.25, 0.3) is 0 Å². The molecule has 90 valence electrons. The number of fused-ring (bicyclic) bond motifs is 3. The van der Waals surface area contributed by atoms with Crippen LogP contribution in [0.5, 0.6) is 0 Å². The number of pyridine rings is 1. The molecule has 0 saturated heterocycles. The zero-order valence-corrected chi connectivity index (χ0v) is 10.2. The van der Waals surface area contributed by atoms with Crippen LogP contribution in [0.25, 0.3) is 33.1 Å². The van der Waals surface area contributed by atoms with Crippen molar-refractivity contribution in [2.75, 3.05) is 0 Å². The largest absolute Gasteiger partial charge is 0.278 e. The number of nitrogens with zero attached hydrogens (tertiary/aromatic N) is 2. The average molecular weight is 245 g/mol. The predicted molar refractivity (Wildman–Crippen MR) is 76.8 cm³/mol. The molecule has 1 N–H and O–H groups in total. The van der Waals surface area contributed by atoms with Crippen molar-refractivity contribution < 1.29 is 0 Å². The molecule has 4 aromatic rings. The molecular formula is C16H11N3. The Morgan fingerprint density at radius 3 is 2.58 bits per heavy atom. The summed E-state index contributed by atoms with van der Waals surface area (Å²) in [6.45, 7) is 0. The minimum absolute atomic E-state index is 0.988. The summed E-state index contributed by atoms with van der Waals surface area (Å²) in [4.78, 5) is 4.79. The summed E-state index contributed by atoms with van der Waals surface area (Å²) in [5, 5.41) is 9.27. The standard InChI is InChI=1S/C16H11N3/c1-2-4-11(5-3-1)14-8-6-12-7-9-15-13(10-17-19-15)16(12)18-14/h1-10H,(H,17,19). The summed E-state index contributed by atoms with van der Waals surface area (Å²) in [5.74, 6) is 0. The van der Waals surface area contributed by atoms with Crippen molar-refractivity contribution >= 4 is 21.8 Å². The maximum Gasteiger partial charge on any atom is 0.0819 e. The van der Waals surface area contributed by atoms with Crippen LogP contribution in [0.4, 0.5) is 0 Å². The molecule has 0 radical (unpaired) electrons. The number of hydrogen-bond acceptors (Lipinski definition) is 2. The highest BCUT2D eigenvalue weighted by Crippen LogP contribution is 2.25. The van der Waals surface area contributed by atoms with Crippen molar-refractivity contribution in [2.24, 2.45) is 0 Å². The van der Waals surface area contributed by atoms with Gasteiger partial charge in [-0.05, 0) is 12.1 Å². The normalized spacial score (nSPS) is 11.2. The minimum atomic E-state index is 0.988. The molecule has 3 nitrogen and oxygen atoms in total. The van der Waals surface area contributed by atoms with Gasteiger partial charge in [0.15, 0.2) is 0 Å². The molecule has 3 heteroatoms. The molecule has 0 amide bonds. The van der Waals surface area contributed by atoms with Gasteiger partial charge in [0.1, 0.15) is 0 Å². The number of benzene rings is 2. The Hall–Kier alpha value is -2.68. The molecule has 0 fully saturated rings. The summed E-state index contributed by atoms with van der Waals surface area (Å²) >= 11 is 0. The quantitative estimate of drug-likeness (QED) is 0.554. The fraction of sp³-hybridized carbons (Fsp3) is 0. The van der Waals surface area contributed by atoms with Gasteiger partial charge in [-0.3, -0.25) is 5.10 Å². The molecule has 2 aromatic carbocycles. The summed E-state index contributed by atoms with van der Waals surface area (Å²) < 4.78 is 0. The first-order valence-corrected chi connectivity index (χ1v) is 6.20. The van der Waals surface area contributed by atoms with Crippen LogP contribution < -0.4 is 0 Å². The maximum atomic E-state index is 4.79. The van der Waals surface area contributed by atoms with E-state index < -0.39 is 0 Å². The molecule has 0 aliphatic carbocycles. The van der Waals surface area contributed by atoms with E-state index in [0.29, 0.717) is 0 Å². The van der Waals surface area contributed by atoms with Crippen molar-refractivity contribution in [1.29, 1.82) is 0 Å². The van der Waals surface area contributed by atoms with Gasteiger partial charge < -0.3 is 0 Å². The van der Waals surface area contributed by atoms with Crippen LogP contribution in [0.3, 0.4) is 0 Å². The molecule has 0 unspecified atom stereocenters. The molecule has 0 aliphatic heterocycles. The number of aromatic nitrogens is 3. The third kappa shape index (κ3) is 1.59. The van der Waals surface area contributed by atoms with Gasteiger partial charge in [-0.15, -0.1) is 0 Å². The zero-order chi connectivity index (χ0) is 12.7. The maximum absolute atomic E-state index is 4.79. The van der Waals surface area contributed by atoms with Crippen molar-refractivity contribution in [3.63, 3.8) is 0 Å². The van der Waals surface area contributed by atoms with Crippen molar-refractivity contribution in [1.82, 2.24) is 15.2 Å². The fourth-order valence-corrected chi connectivity index (χ4v) is 2.37. The van der Waals surface area contributed by atoms with E-state index in [1.807, 2.05) is 30.5 Å². The second-order valence-electron chi connectivity index (χ2n) is 4.53. The van der Waals surface area contributed by atoms with Crippen LogP contribution in [-0.2, 0) is 0 Å². The summed E-state index contributed by atoms with van der Waals surface area (Å²) in [6.07, 6.45) is 1.83. The lowest BCUT2D eigenvalue weighted by Crippen LogP contribution is -1.85. The molecule has 0 atom stereocenters. The molecule has 2 aromatic heterocycles. The lowest BCUT2D eigenvalue weighted by atomic mass is 10.1. The summed E-state index contributed by atoms with van der Waals surface area (Å²) in [6, 6.07) is 18.5. The van der Waals surface area contributed by atoms with E-state index >= 15 is 0 Å². The molecule has 2 heterocycles. The van der Waals surface area contributed by atoms with Crippen molar-refractivity contribution in [3.8, 4) is 11.3 Å². The Kier molecular flexibility index (Phi) is 2.12. The van der Waals surface area contributed by atoms with Crippen LogP contribution in [0, 0.1) is 0 Å². The first-order valence-electron chi connectivity index (χ1n) is 6.20. The highest BCUT2D eigenvalue weighted by atomic mass is 15.1. The number of nitrogens with one attached hydrogen (secondary N) is 1. The topological polar surface area (TPSA) is 41.6 Å². The fourth-order valence-electron chi connectivity index (χ4n) is 2.37. The van der Waals surface area contributed by atoms with Gasteiger partial charge in [0, 0.05) is 16.3 Å². The average Bonchev–Trinajstić information content (AvgIpc) is 2.96. The van der Waals surface area contributed by atoms with Gasteiger partial charge in [0.05, 0.1) is 22.9 Å². The number of aromatic amines is 1. The van der Waals surface area contributed by atoms with E-state index in [-0.39, 0.29) is 0 Å². The summed E-state index contributed by atoms with van der Waals surface area (Å²) in [7, 11) is 0. The summed E-state index contributed by atoms with van der Waals surface area (Å²) in [5.41, 5.74) is 4.13. The second kappa shape index (κ2) is 3.92. The zero-order valence-electron chi connectivity index (χ0n) is 10.2. The van der Waals surface area contributed by atoms with Crippen LogP contribution in [0.2, 0.25) is 0 Å². The minimum Gasteiger partial charge on any atom is -0.278 e. The molecule has 0 saturated carbocycles. The molecular weight excluding hydrogens is 234 g/mol. The Labute approximate surface area is 109 Å². The molecule has 0 spiro atoms. The lowest BCUT2D eigenvalue weighted by Gasteiger charge is -2.04. The Balaban J connectivity index is 2.04. The predicted octanol–water partition coefficient (Wildman–Crippen LogP) is 3.78. The smallest absolute Gasteiger partial charge is 0.0819 e. The first-order chi connectivity index (χ1) is 9.42. The molecule has 4 rings (SSSR count). The van der Waals surface area contributed by atoms with Crippen molar-refractivity contribution in [2.45, 2.75) is 0 Å². The Morgan fingerprint density at radius 2 is 1.68 bits per heavy atom. The van der Waals surface area contributed by atoms with Crippen LogP contribution in [-0.4, -0.2) is 15.2 Å². The second-order valence-corrected chi connectivity index (χ2v) is 4.53. The van der Waals surface area contributed by atoms with Gasteiger partial charge in [-0.1, -0.05) is 42.5 Å². The third-order valence-electron chi connectivity index (χ3n) is 3.35. The first kappa shape index (κ1) is 10.3. The highest BCUT2D eigenvalue weighted by molar-refractivity contribution is 6.04. The van der Waals surface area contributed by atoms with E-state index in [1.54, 1.807) is 0 Å². The van der Waals surface area contributed by atoms with E-state index in [0.717, 1.165) is 33.1 Å². The third-order valence-corrected chi connectivity index (χ3v) is 3.35. The van der Waals surface area contributed by atoms with Crippen LogP contribution in [0.15, 0.2) is 60.8 Å². The van der Waals surface area contributed by atoms with E-state index in [4.69, 9.17) is 4.98 Å². The molecule has 0 aliphatic rings. The number of H-pyrrole nitrogens is 1. The van der Waals surface area contributed by atoms with Gasteiger partial charge in [0.2, 0.25) is 0 Å². The lowest BCUT2D eigenvalue weighted by molar-refractivity contribution is 1.12. The van der Waals surface area contributed by atoms with E-state index in [1.165, 1.54) is 0 Å². The van der Waals surface area contributed by atoms with Gasteiger partial charge in [-0.25, -0.2) is 4.98 Å². The molecule has 0 bridgehead atoms. The molecule has 19 heavy (non-hydrogen) atoms. The van der Waals surface area contributed by atoms with Crippen LogP contribution in [0.1, 0.15) is 0 Å². The van der Waals surface area contributed by atoms with Crippen LogP contribution >= 0.6 is 0 Å². The van der Waals surface area contributed by atoms with E-state index in [2.05, 4.69) is 40.5 Å². The Bertz CT molecular complexity index is 863. The monoisotopic (exact) mass is 245 g/mol. The van der Waals surface area contributed by atoms with E-state index in [9.17, 15) is 0 Å². The Morgan fingerprint density at radius 1 is 0.842 bits per heavy atom. The van der Waals surface area contributed by atoms with Gasteiger partial charge >= 0.3 is 0 Å². The SMILES string of the molecule is c1ccc(-c2ccc3ccc4[nH]ncc4c3n2)cc1. The number of hydrogen-bond donors (Lipinski definition) is 1. The number of rotatable bonds is 1. The van der Waals surface area contributed by atoms with Crippen molar-refractivity contribution in [3.05, 3.63) is 60.8 Å². The highest BCUT2D eigenvalue weighted by Gasteiger charge is 2.05.